The smallest absolute Gasteiger partial charge is 0.219 e. The number of hydrogen-bond acceptors (Lipinski definition) is 3. The summed E-state index contributed by atoms with van der Waals surface area (Å²) < 4.78 is 5.80. The lowest BCUT2D eigenvalue weighted by atomic mass is 10.1. The first-order chi connectivity index (χ1) is 8.97. The fourth-order valence-electron chi connectivity index (χ4n) is 1.78. The third-order valence-electron chi connectivity index (χ3n) is 2.65. The first-order valence-corrected chi connectivity index (χ1v) is 6.46. The molecule has 0 radical (unpaired) electrons. The Labute approximate surface area is 122 Å². The second-order valence-corrected chi connectivity index (χ2v) is 5.09. The predicted octanol–water partition coefficient (Wildman–Crippen LogP) is 3.78. The van der Waals surface area contributed by atoms with Crippen molar-refractivity contribution in [2.75, 3.05) is 0 Å². The molecule has 19 heavy (non-hydrogen) atoms. The monoisotopic (exact) mass is 292 g/mol. The first kappa shape index (κ1) is 13.8. The third kappa shape index (κ3) is 3.22. The van der Waals surface area contributed by atoms with E-state index in [2.05, 4.69) is 4.98 Å². The van der Waals surface area contributed by atoms with E-state index in [-0.39, 0.29) is 0 Å². The Morgan fingerprint density at radius 3 is 2.47 bits per heavy atom. The molecular weight excluding hydrogens is 280 g/mol. The average Bonchev–Trinajstić information content (AvgIpc) is 2.34. The van der Waals surface area contributed by atoms with E-state index >= 15 is 0 Å². The molecule has 0 fully saturated rings. The van der Waals surface area contributed by atoms with Crippen molar-refractivity contribution >= 4 is 28.8 Å². The number of halogens is 1. The van der Waals surface area contributed by atoms with Gasteiger partial charge in [-0.25, -0.2) is 4.98 Å². The zero-order valence-electron chi connectivity index (χ0n) is 10.6. The molecule has 0 bridgehead atoms. The highest BCUT2D eigenvalue weighted by Gasteiger charge is 2.08. The summed E-state index contributed by atoms with van der Waals surface area (Å²) in [6, 6.07) is 7.16. The van der Waals surface area contributed by atoms with Crippen LogP contribution >= 0.6 is 23.8 Å². The molecule has 0 saturated heterocycles. The van der Waals surface area contributed by atoms with Crippen LogP contribution in [-0.2, 0) is 0 Å². The van der Waals surface area contributed by atoms with Gasteiger partial charge < -0.3 is 10.5 Å². The number of pyridine rings is 1. The molecule has 0 saturated carbocycles. The summed E-state index contributed by atoms with van der Waals surface area (Å²) >= 11 is 10.9. The van der Waals surface area contributed by atoms with Crippen molar-refractivity contribution in [1.82, 2.24) is 4.98 Å². The highest BCUT2D eigenvalue weighted by Crippen LogP contribution is 2.30. The lowest BCUT2D eigenvalue weighted by Crippen LogP contribution is -2.09. The van der Waals surface area contributed by atoms with Gasteiger partial charge in [-0.1, -0.05) is 23.8 Å². The fourth-order valence-corrected chi connectivity index (χ4v) is 2.24. The van der Waals surface area contributed by atoms with E-state index in [0.29, 0.717) is 15.9 Å². The fraction of sp³-hybridized carbons (Fsp3) is 0.143. The van der Waals surface area contributed by atoms with Crippen molar-refractivity contribution < 1.29 is 4.74 Å². The predicted molar refractivity (Wildman–Crippen MR) is 81.1 cm³/mol. The summed E-state index contributed by atoms with van der Waals surface area (Å²) in [5, 5.41) is 0.687. The molecule has 1 aromatic heterocycles. The highest BCUT2D eigenvalue weighted by atomic mass is 35.5. The topological polar surface area (TPSA) is 48.1 Å². The molecular formula is C14H13ClN2OS. The van der Waals surface area contributed by atoms with Crippen LogP contribution in [0.1, 0.15) is 16.7 Å². The SMILES string of the molecule is Cc1cc(Cl)cc(C)c1Oc1cc(C(N)=S)ccn1. The van der Waals surface area contributed by atoms with Crippen molar-refractivity contribution in [2.24, 2.45) is 5.73 Å². The lowest BCUT2D eigenvalue weighted by Gasteiger charge is -2.12. The highest BCUT2D eigenvalue weighted by molar-refractivity contribution is 7.80. The third-order valence-corrected chi connectivity index (χ3v) is 3.11. The van der Waals surface area contributed by atoms with Gasteiger partial charge in [0.15, 0.2) is 0 Å². The van der Waals surface area contributed by atoms with Crippen molar-refractivity contribution in [3.63, 3.8) is 0 Å². The molecule has 3 nitrogen and oxygen atoms in total. The van der Waals surface area contributed by atoms with Gasteiger partial charge in [-0.3, -0.25) is 0 Å². The zero-order valence-corrected chi connectivity index (χ0v) is 12.2. The van der Waals surface area contributed by atoms with Gasteiger partial charge in [0, 0.05) is 22.8 Å². The van der Waals surface area contributed by atoms with E-state index in [4.69, 9.17) is 34.3 Å². The van der Waals surface area contributed by atoms with Crippen LogP contribution in [0.4, 0.5) is 0 Å². The molecule has 0 aliphatic heterocycles. The van der Waals surface area contributed by atoms with E-state index in [9.17, 15) is 0 Å². The Morgan fingerprint density at radius 1 is 1.26 bits per heavy atom. The molecule has 5 heteroatoms. The van der Waals surface area contributed by atoms with Gasteiger partial charge in [-0.05, 0) is 43.2 Å². The summed E-state index contributed by atoms with van der Waals surface area (Å²) in [5.74, 6) is 1.20. The maximum absolute atomic E-state index is 5.99. The van der Waals surface area contributed by atoms with Gasteiger partial charge in [0.05, 0.1) is 0 Å². The maximum atomic E-state index is 5.99. The van der Waals surface area contributed by atoms with Crippen LogP contribution in [0.15, 0.2) is 30.5 Å². The molecule has 0 aliphatic carbocycles. The number of benzene rings is 1. The normalized spacial score (nSPS) is 10.3. The van der Waals surface area contributed by atoms with Gasteiger partial charge >= 0.3 is 0 Å². The number of aryl methyl sites for hydroxylation is 2. The van der Waals surface area contributed by atoms with Crippen LogP contribution in [0.2, 0.25) is 5.02 Å². The molecule has 1 aromatic carbocycles. The lowest BCUT2D eigenvalue weighted by molar-refractivity contribution is 0.456. The van der Waals surface area contributed by atoms with E-state index in [1.54, 1.807) is 18.3 Å². The van der Waals surface area contributed by atoms with Crippen LogP contribution in [0, 0.1) is 13.8 Å². The van der Waals surface area contributed by atoms with Crippen molar-refractivity contribution in [2.45, 2.75) is 13.8 Å². The van der Waals surface area contributed by atoms with E-state index < -0.39 is 0 Å². The Bertz CT molecular complexity index is 620. The van der Waals surface area contributed by atoms with Crippen LogP contribution in [0.3, 0.4) is 0 Å². The summed E-state index contributed by atoms with van der Waals surface area (Å²) in [5.41, 5.74) is 8.22. The average molecular weight is 293 g/mol. The number of aromatic nitrogens is 1. The van der Waals surface area contributed by atoms with Crippen molar-refractivity contribution in [1.29, 1.82) is 0 Å². The first-order valence-electron chi connectivity index (χ1n) is 5.68. The molecule has 1 heterocycles. The van der Waals surface area contributed by atoms with E-state index in [1.165, 1.54) is 0 Å². The molecule has 0 unspecified atom stereocenters. The molecule has 2 N–H and O–H groups in total. The van der Waals surface area contributed by atoms with Crippen LogP contribution in [-0.4, -0.2) is 9.97 Å². The number of nitrogens with two attached hydrogens (primary N) is 1. The van der Waals surface area contributed by atoms with Crippen molar-refractivity contribution in [3.05, 3.63) is 52.2 Å². The molecule has 0 aliphatic rings. The summed E-state index contributed by atoms with van der Waals surface area (Å²) in [6.07, 6.45) is 1.62. The molecule has 0 amide bonds. The Hall–Kier alpha value is -1.65. The van der Waals surface area contributed by atoms with Gasteiger partial charge in [-0.2, -0.15) is 0 Å². The van der Waals surface area contributed by atoms with Crippen LogP contribution < -0.4 is 10.5 Å². The van der Waals surface area contributed by atoms with E-state index in [0.717, 1.165) is 22.4 Å². The van der Waals surface area contributed by atoms with Gasteiger partial charge in [0.2, 0.25) is 5.88 Å². The number of rotatable bonds is 3. The molecule has 2 rings (SSSR count). The Balaban J connectivity index is 2.36. The quantitative estimate of drug-likeness (QED) is 0.875. The minimum absolute atomic E-state index is 0.316. The second kappa shape index (κ2) is 5.55. The van der Waals surface area contributed by atoms with Gasteiger partial charge in [0.25, 0.3) is 0 Å². The summed E-state index contributed by atoms with van der Waals surface area (Å²) in [4.78, 5) is 4.47. The summed E-state index contributed by atoms with van der Waals surface area (Å²) in [6.45, 7) is 3.87. The van der Waals surface area contributed by atoms with Gasteiger partial charge in [-0.15, -0.1) is 0 Å². The van der Waals surface area contributed by atoms with Gasteiger partial charge in [0.1, 0.15) is 10.7 Å². The number of ether oxygens (including phenoxy) is 1. The standard InChI is InChI=1S/C14H13ClN2OS/c1-8-5-11(15)6-9(2)13(8)18-12-7-10(14(16)19)3-4-17-12/h3-7H,1-2H3,(H2,16,19). The second-order valence-electron chi connectivity index (χ2n) is 4.22. The Kier molecular flexibility index (Phi) is 4.02. The van der Waals surface area contributed by atoms with Crippen LogP contribution in [0.25, 0.3) is 0 Å². The van der Waals surface area contributed by atoms with E-state index in [1.807, 2.05) is 26.0 Å². The Morgan fingerprint density at radius 2 is 1.89 bits per heavy atom. The molecule has 0 atom stereocenters. The molecule has 98 valence electrons. The van der Waals surface area contributed by atoms with Crippen molar-refractivity contribution in [3.8, 4) is 11.6 Å². The zero-order chi connectivity index (χ0) is 14.0. The minimum Gasteiger partial charge on any atom is -0.438 e. The van der Waals surface area contributed by atoms with Crippen LogP contribution in [0.5, 0.6) is 11.6 Å². The summed E-state index contributed by atoms with van der Waals surface area (Å²) in [7, 11) is 0. The number of hydrogen-bond donors (Lipinski definition) is 1. The molecule has 2 aromatic rings. The maximum Gasteiger partial charge on any atom is 0.219 e. The molecule has 0 spiro atoms. The number of nitrogens with zero attached hydrogens (tertiary/aromatic N) is 1. The minimum atomic E-state index is 0.316. The largest absolute Gasteiger partial charge is 0.438 e. The number of thiocarbonyl (C=S) groups is 1.